The van der Waals surface area contributed by atoms with Gasteiger partial charge in [-0.3, -0.25) is 9.59 Å². The number of nitrogens with zero attached hydrogens (tertiary/aromatic N) is 1. The van der Waals surface area contributed by atoms with Crippen molar-refractivity contribution in [1.82, 2.24) is 4.90 Å². The summed E-state index contributed by atoms with van der Waals surface area (Å²) in [6.07, 6.45) is 0.454. The van der Waals surface area contributed by atoms with Crippen LogP contribution in [-0.2, 0) is 20.9 Å². The first kappa shape index (κ1) is 17.3. The molecule has 1 N–H and O–H groups in total. The van der Waals surface area contributed by atoms with Crippen LogP contribution in [0.4, 0.5) is 0 Å². The zero-order valence-corrected chi connectivity index (χ0v) is 13.5. The lowest BCUT2D eigenvalue weighted by Crippen LogP contribution is -2.44. The molecule has 6 heteroatoms. The van der Waals surface area contributed by atoms with Gasteiger partial charge in [-0.25, -0.2) is 0 Å². The smallest absolute Gasteiger partial charge is 0.306 e. The van der Waals surface area contributed by atoms with E-state index < -0.39 is 12.1 Å². The van der Waals surface area contributed by atoms with Gasteiger partial charge >= 0.3 is 5.97 Å². The number of methoxy groups -OCH3 is 1. The van der Waals surface area contributed by atoms with Crippen LogP contribution in [0, 0.1) is 5.92 Å². The van der Waals surface area contributed by atoms with E-state index in [1.807, 2.05) is 24.3 Å². The van der Waals surface area contributed by atoms with Gasteiger partial charge in [0, 0.05) is 13.1 Å². The number of ether oxygens (including phenoxy) is 2. The number of carboxylic acids is 1. The fourth-order valence-electron chi connectivity index (χ4n) is 2.66. The number of carboxylic acid groups (broad SMARTS) is 1. The molecule has 126 valence electrons. The fourth-order valence-corrected chi connectivity index (χ4v) is 2.66. The first-order valence-electron chi connectivity index (χ1n) is 7.77. The van der Waals surface area contributed by atoms with Gasteiger partial charge in [-0.2, -0.15) is 0 Å². The van der Waals surface area contributed by atoms with Crippen LogP contribution in [0.15, 0.2) is 24.3 Å². The van der Waals surface area contributed by atoms with Crippen LogP contribution in [0.25, 0.3) is 0 Å². The van der Waals surface area contributed by atoms with Crippen LogP contribution in [0.5, 0.6) is 5.75 Å². The van der Waals surface area contributed by atoms with Gasteiger partial charge in [0.1, 0.15) is 11.9 Å². The van der Waals surface area contributed by atoms with Crippen molar-refractivity contribution in [3.05, 3.63) is 29.8 Å². The second kappa shape index (κ2) is 7.97. The number of carbonyl (C=O) groups is 2. The van der Waals surface area contributed by atoms with E-state index in [0.29, 0.717) is 32.5 Å². The highest BCUT2D eigenvalue weighted by Gasteiger charge is 2.29. The molecule has 0 radical (unpaired) electrons. The molecule has 1 heterocycles. The van der Waals surface area contributed by atoms with E-state index in [9.17, 15) is 9.59 Å². The van der Waals surface area contributed by atoms with Crippen molar-refractivity contribution in [2.75, 3.05) is 20.2 Å². The van der Waals surface area contributed by atoms with Gasteiger partial charge in [0.05, 0.1) is 19.6 Å². The maximum absolute atomic E-state index is 12.3. The summed E-state index contributed by atoms with van der Waals surface area (Å²) < 4.78 is 10.8. The maximum atomic E-state index is 12.3. The van der Waals surface area contributed by atoms with Crippen molar-refractivity contribution in [2.45, 2.75) is 32.5 Å². The van der Waals surface area contributed by atoms with Crippen LogP contribution in [0.1, 0.15) is 25.3 Å². The number of hydrogen-bond donors (Lipinski definition) is 1. The van der Waals surface area contributed by atoms with Crippen LogP contribution < -0.4 is 4.74 Å². The van der Waals surface area contributed by atoms with Crippen molar-refractivity contribution in [1.29, 1.82) is 0 Å². The summed E-state index contributed by atoms with van der Waals surface area (Å²) >= 11 is 0. The van der Waals surface area contributed by atoms with Gasteiger partial charge in [0.15, 0.2) is 0 Å². The molecule has 6 nitrogen and oxygen atoms in total. The minimum Gasteiger partial charge on any atom is -0.497 e. The Labute approximate surface area is 136 Å². The number of likely N-dealkylation sites (tertiary alicyclic amines) is 1. The van der Waals surface area contributed by atoms with Gasteiger partial charge < -0.3 is 19.5 Å². The molecule has 0 unspecified atom stereocenters. The van der Waals surface area contributed by atoms with Crippen LogP contribution in [-0.4, -0.2) is 48.2 Å². The van der Waals surface area contributed by atoms with Gasteiger partial charge in [-0.1, -0.05) is 12.1 Å². The highest BCUT2D eigenvalue weighted by Crippen LogP contribution is 2.19. The minimum atomic E-state index is -0.778. The molecule has 1 aliphatic heterocycles. The van der Waals surface area contributed by atoms with Crippen LogP contribution in [0.2, 0.25) is 0 Å². The predicted octanol–water partition coefficient (Wildman–Crippen LogP) is 1.92. The van der Waals surface area contributed by atoms with E-state index in [1.54, 1.807) is 18.9 Å². The molecule has 0 bridgehead atoms. The van der Waals surface area contributed by atoms with Gasteiger partial charge in [-0.05, 0) is 37.5 Å². The Bertz CT molecular complexity index is 552. The molecule has 1 saturated heterocycles. The molecule has 0 spiro atoms. The Morgan fingerprint density at radius 1 is 1.35 bits per heavy atom. The van der Waals surface area contributed by atoms with Crippen LogP contribution >= 0.6 is 0 Å². The molecule has 0 aliphatic carbocycles. The molecule has 1 aromatic rings. The van der Waals surface area contributed by atoms with Crippen molar-refractivity contribution in [3.63, 3.8) is 0 Å². The molecular formula is C17H23NO5. The summed E-state index contributed by atoms with van der Waals surface area (Å²) in [6, 6.07) is 7.51. The van der Waals surface area contributed by atoms with Crippen molar-refractivity contribution in [2.24, 2.45) is 5.92 Å². The monoisotopic (exact) mass is 321 g/mol. The van der Waals surface area contributed by atoms with Crippen LogP contribution in [0.3, 0.4) is 0 Å². The fraction of sp³-hybridized carbons (Fsp3) is 0.529. The number of carbonyl (C=O) groups excluding carboxylic acids is 1. The summed E-state index contributed by atoms with van der Waals surface area (Å²) in [5.74, 6) is -0.455. The molecule has 1 aliphatic rings. The molecule has 1 atom stereocenters. The average Bonchev–Trinajstić information content (AvgIpc) is 2.59. The molecule has 0 saturated carbocycles. The Hall–Kier alpha value is -2.08. The highest BCUT2D eigenvalue weighted by atomic mass is 16.5. The third kappa shape index (κ3) is 4.69. The SMILES string of the molecule is COc1cccc(CO[C@H](C)C(=O)N2CCC(C(=O)O)CC2)c1. The number of amides is 1. The van der Waals surface area contributed by atoms with Crippen molar-refractivity contribution in [3.8, 4) is 5.75 Å². The zero-order chi connectivity index (χ0) is 16.8. The largest absolute Gasteiger partial charge is 0.497 e. The Kier molecular flexibility index (Phi) is 5.98. The number of aliphatic carboxylic acids is 1. The first-order chi connectivity index (χ1) is 11.0. The van der Waals surface area contributed by atoms with E-state index in [-0.39, 0.29) is 11.8 Å². The lowest BCUT2D eigenvalue weighted by Gasteiger charge is -2.31. The third-order valence-corrected chi connectivity index (χ3v) is 4.14. The lowest BCUT2D eigenvalue weighted by molar-refractivity contribution is -0.150. The Morgan fingerprint density at radius 3 is 2.65 bits per heavy atom. The van der Waals surface area contributed by atoms with E-state index in [1.165, 1.54) is 0 Å². The standard InChI is InChI=1S/C17H23NO5/c1-12(23-11-13-4-3-5-15(10-13)22-2)16(19)18-8-6-14(7-9-18)17(20)21/h3-5,10,12,14H,6-9,11H2,1-2H3,(H,20,21)/t12-/m1/s1. The number of rotatable bonds is 6. The maximum Gasteiger partial charge on any atom is 0.306 e. The molecule has 1 aromatic carbocycles. The van der Waals surface area contributed by atoms with E-state index >= 15 is 0 Å². The second-order valence-corrected chi connectivity index (χ2v) is 5.74. The number of piperidine rings is 1. The highest BCUT2D eigenvalue weighted by molar-refractivity contribution is 5.81. The quantitative estimate of drug-likeness (QED) is 0.866. The Balaban J connectivity index is 1.82. The number of benzene rings is 1. The normalized spacial score (nSPS) is 16.9. The van der Waals surface area contributed by atoms with Gasteiger partial charge in [0.2, 0.25) is 0 Å². The summed E-state index contributed by atoms with van der Waals surface area (Å²) in [5.41, 5.74) is 0.939. The molecule has 0 aromatic heterocycles. The van der Waals surface area contributed by atoms with Gasteiger partial charge in [0.25, 0.3) is 5.91 Å². The minimum absolute atomic E-state index is 0.0864. The lowest BCUT2D eigenvalue weighted by atomic mass is 9.97. The average molecular weight is 321 g/mol. The summed E-state index contributed by atoms with van der Waals surface area (Å²) in [5, 5.41) is 8.99. The summed E-state index contributed by atoms with van der Waals surface area (Å²) in [6.45, 7) is 3.01. The molecule has 1 fully saturated rings. The molecule has 23 heavy (non-hydrogen) atoms. The summed E-state index contributed by atoms with van der Waals surface area (Å²) in [7, 11) is 1.60. The second-order valence-electron chi connectivity index (χ2n) is 5.74. The first-order valence-corrected chi connectivity index (χ1v) is 7.77. The topological polar surface area (TPSA) is 76.1 Å². The summed E-state index contributed by atoms with van der Waals surface area (Å²) in [4.78, 5) is 25.0. The molecule has 2 rings (SSSR count). The molecule has 1 amide bonds. The zero-order valence-electron chi connectivity index (χ0n) is 13.5. The molecular weight excluding hydrogens is 298 g/mol. The van der Waals surface area contributed by atoms with E-state index in [4.69, 9.17) is 14.6 Å². The van der Waals surface area contributed by atoms with Crippen molar-refractivity contribution >= 4 is 11.9 Å². The number of hydrogen-bond acceptors (Lipinski definition) is 4. The van der Waals surface area contributed by atoms with Crippen molar-refractivity contribution < 1.29 is 24.2 Å². The van der Waals surface area contributed by atoms with Gasteiger partial charge in [-0.15, -0.1) is 0 Å². The predicted molar refractivity (Wildman–Crippen MR) is 84.2 cm³/mol. The third-order valence-electron chi connectivity index (χ3n) is 4.14. The van der Waals surface area contributed by atoms with E-state index in [2.05, 4.69) is 0 Å². The Morgan fingerprint density at radius 2 is 2.04 bits per heavy atom. The van der Waals surface area contributed by atoms with E-state index in [0.717, 1.165) is 11.3 Å².